The van der Waals surface area contributed by atoms with E-state index in [4.69, 9.17) is 0 Å². The number of rotatable bonds is 8. The van der Waals surface area contributed by atoms with Gasteiger partial charge in [-0.3, -0.25) is 0 Å². The third-order valence-electron chi connectivity index (χ3n) is 27.1. The summed E-state index contributed by atoms with van der Waals surface area (Å²) < 4.78 is 10.2. The Bertz CT molecular complexity index is 6770. The molecule has 4 aliphatic rings. The lowest BCUT2D eigenvalue weighted by molar-refractivity contribution is 0.332. The number of benzene rings is 15. The predicted molar refractivity (Wildman–Crippen MR) is 479 cm³/mol. The van der Waals surface area contributed by atoms with Gasteiger partial charge in [0.1, 0.15) is 0 Å². The third-order valence-corrected chi connectivity index (χ3v) is 27.1. The lowest BCUT2D eigenvalue weighted by atomic mass is 9.33. The first kappa shape index (κ1) is 66.0. The van der Waals surface area contributed by atoms with Crippen molar-refractivity contribution in [3.05, 3.63) is 344 Å². The number of hydrogen-bond acceptors (Lipinski definition) is 2. The van der Waals surface area contributed by atoms with Crippen LogP contribution in [0.3, 0.4) is 0 Å². The van der Waals surface area contributed by atoms with Gasteiger partial charge in [0.05, 0.1) is 66.9 Å². The van der Waals surface area contributed by atoms with E-state index in [0.717, 1.165) is 105 Å². The van der Waals surface area contributed by atoms with Crippen molar-refractivity contribution < 1.29 is 0 Å². The molecular weight excluding hydrogens is 1370 g/mol. The molecule has 6 nitrogen and oxygen atoms in total. The van der Waals surface area contributed by atoms with Crippen LogP contribution in [0.4, 0.5) is 34.1 Å². The quantitative estimate of drug-likeness (QED) is 0.142. The fourth-order valence-corrected chi connectivity index (χ4v) is 21.3. The summed E-state index contributed by atoms with van der Waals surface area (Å²) in [5.74, 6) is 0. The van der Waals surface area contributed by atoms with Crippen LogP contribution in [0.2, 0.25) is 0 Å². The number of para-hydroxylation sites is 10. The summed E-state index contributed by atoms with van der Waals surface area (Å²) in [5.41, 5.74) is 35.2. The van der Waals surface area contributed by atoms with E-state index in [2.05, 4.69) is 405 Å². The maximum absolute atomic E-state index is 2.67. The van der Waals surface area contributed by atoms with Crippen LogP contribution >= 0.6 is 0 Å². The van der Waals surface area contributed by atoms with Gasteiger partial charge in [-0.25, -0.2) is 0 Å². The Hall–Kier alpha value is -12.8. The van der Waals surface area contributed by atoms with E-state index in [1.165, 1.54) is 126 Å². The van der Waals surface area contributed by atoms with Gasteiger partial charge in [0, 0.05) is 88.3 Å². The second-order valence-electron chi connectivity index (χ2n) is 35.2. The minimum absolute atomic E-state index is 0.00361. The van der Waals surface area contributed by atoms with Gasteiger partial charge in [-0.2, -0.15) is 0 Å². The first-order chi connectivity index (χ1) is 55.1. The van der Waals surface area contributed by atoms with E-state index in [1.807, 2.05) is 0 Å². The van der Waals surface area contributed by atoms with Crippen molar-refractivity contribution in [3.63, 3.8) is 0 Å². The monoisotopic (exact) mass is 1450 g/mol. The minimum Gasteiger partial charge on any atom is -0.311 e. The van der Waals surface area contributed by atoms with E-state index in [1.54, 1.807) is 0 Å². The maximum atomic E-state index is 2.67. The average Bonchev–Trinajstić information content (AvgIpc) is 1.64. The van der Waals surface area contributed by atoms with Crippen LogP contribution in [0.25, 0.3) is 132 Å². The normalized spacial score (nSPS) is 15.7. The largest absolute Gasteiger partial charge is 0.311 e. The molecule has 0 spiro atoms. The lowest BCUT2D eigenvalue weighted by Crippen LogP contribution is -2.61. The average molecular weight is 1450 g/mol. The van der Waals surface area contributed by atoms with Crippen molar-refractivity contribution >= 4 is 144 Å². The highest BCUT2D eigenvalue weighted by Crippen LogP contribution is 2.54. The summed E-state index contributed by atoms with van der Waals surface area (Å²) >= 11 is 0. The summed E-state index contributed by atoms with van der Waals surface area (Å²) in [7, 11) is 0. The van der Waals surface area contributed by atoms with Crippen LogP contribution in [0.15, 0.2) is 322 Å². The number of fused-ring (bicyclic) bond motifs is 18. The second kappa shape index (κ2) is 23.9. The topological polar surface area (TPSA) is 26.2 Å². The smallest absolute Gasteiger partial charge is 0.252 e. The van der Waals surface area contributed by atoms with E-state index < -0.39 is 0 Å². The van der Waals surface area contributed by atoms with Gasteiger partial charge < -0.3 is 28.1 Å². The molecule has 0 fully saturated rings. The molecule has 0 N–H and O–H groups in total. The van der Waals surface area contributed by atoms with Crippen molar-refractivity contribution in [2.75, 3.05) is 9.80 Å². The molecule has 0 atom stereocenters. The Kier molecular flexibility index (Phi) is 13.9. The molecule has 113 heavy (non-hydrogen) atoms. The Balaban J connectivity index is 0.815. The predicted octanol–water partition coefficient (Wildman–Crippen LogP) is 26.2. The van der Waals surface area contributed by atoms with Gasteiger partial charge >= 0.3 is 0 Å². The van der Waals surface area contributed by atoms with Crippen molar-refractivity contribution in [2.45, 2.75) is 103 Å². The Labute approximate surface area is 659 Å². The fourth-order valence-electron chi connectivity index (χ4n) is 21.3. The molecule has 0 saturated carbocycles. The zero-order valence-corrected chi connectivity index (χ0v) is 65.2. The molecule has 542 valence electrons. The molecule has 6 heterocycles. The molecule has 0 unspecified atom stereocenters. The van der Waals surface area contributed by atoms with Gasteiger partial charge in [0.2, 0.25) is 0 Å². The Morgan fingerprint density at radius 1 is 0.230 bits per heavy atom. The maximum Gasteiger partial charge on any atom is 0.252 e. The third kappa shape index (κ3) is 9.43. The number of anilines is 6. The minimum atomic E-state index is -0.211. The molecule has 23 rings (SSSR count). The molecule has 0 saturated heterocycles. The molecule has 4 aromatic heterocycles. The standard InChI is InChI=1S/C106H85BN6/c1-103(2)58-60-105(5,6)82-62-66(50-54-80(82)103)70-28-9-17-38-86(70)112-94-46-27-47-95-100(94)107(84-56-52-68(64-98(84)112)108-88-40-19-15-34-76(88)78-36-25-48-96(101(78)108)110-90-42-21-11-30-72(90)73-31-12-22-43-91(73)110)85-57-53-69(65-99(85)113(95)87-39-18-10-29-71(87)67-51-55-81-83(63-67)106(7,8)61-59-104(81,3)4)109-89-41-20-16-35-77(89)79-37-26-49-97(102(79)109)111-92-44-23-13-32-74(92)75-33-14-24-45-93(75)111/h9-57,62-65H,58-61H2,1-8H3. The van der Waals surface area contributed by atoms with E-state index in [-0.39, 0.29) is 28.4 Å². The van der Waals surface area contributed by atoms with Crippen LogP contribution in [0.1, 0.15) is 103 Å². The number of aromatic nitrogens is 4. The molecule has 15 aromatic carbocycles. The fraction of sp³-hybridized carbons (Fsp3) is 0.151. The molecule has 0 bridgehead atoms. The van der Waals surface area contributed by atoms with Gasteiger partial charge in [-0.05, 0) is 194 Å². The molecule has 2 aliphatic heterocycles. The Morgan fingerprint density at radius 3 is 0.903 bits per heavy atom. The summed E-state index contributed by atoms with van der Waals surface area (Å²) in [4.78, 5) is 5.34. The number of hydrogen-bond donors (Lipinski definition) is 0. The summed E-state index contributed by atoms with van der Waals surface area (Å²) in [6.45, 7) is 19.4. The van der Waals surface area contributed by atoms with Crippen molar-refractivity contribution in [2.24, 2.45) is 0 Å². The van der Waals surface area contributed by atoms with E-state index in [0.29, 0.717) is 0 Å². The van der Waals surface area contributed by atoms with Crippen molar-refractivity contribution in [1.82, 2.24) is 18.3 Å². The van der Waals surface area contributed by atoms with Crippen LogP contribution in [0.5, 0.6) is 0 Å². The molecule has 0 amide bonds. The van der Waals surface area contributed by atoms with Crippen LogP contribution in [-0.4, -0.2) is 25.0 Å². The van der Waals surface area contributed by atoms with Crippen LogP contribution in [-0.2, 0) is 21.7 Å². The molecule has 0 radical (unpaired) electrons. The highest BCUT2D eigenvalue weighted by atomic mass is 15.2. The summed E-state index contributed by atoms with van der Waals surface area (Å²) in [5, 5.41) is 9.80. The first-order valence-electron chi connectivity index (χ1n) is 40.6. The molecular formula is C106H85BN6. The van der Waals surface area contributed by atoms with Crippen molar-refractivity contribution in [1.29, 1.82) is 0 Å². The van der Waals surface area contributed by atoms with Crippen molar-refractivity contribution in [3.8, 4) is 45.0 Å². The summed E-state index contributed by atoms with van der Waals surface area (Å²) in [6.07, 6.45) is 4.57. The van der Waals surface area contributed by atoms with Gasteiger partial charge in [0.15, 0.2) is 0 Å². The highest BCUT2D eigenvalue weighted by molar-refractivity contribution is 7.00. The first-order valence-corrected chi connectivity index (χ1v) is 40.6. The zero-order valence-electron chi connectivity index (χ0n) is 65.2. The SMILES string of the molecule is CC1(C)CCC(C)(C)c2cc(-c3ccccc3N3c4cc(-n5c6ccccc6c6cccc(-n7c8ccccc8c8ccccc87)c65)ccc4B4c5ccc(-n6c7ccccc7c7cccc(-n8c9ccccc9c9ccccc98)c76)cc5N(c5ccccc5-c5ccc6c(c5)C(C)(C)CCC6(C)C)c5cccc3c54)ccc21. The molecule has 19 aromatic rings. The van der Waals surface area contributed by atoms with Gasteiger partial charge in [0.25, 0.3) is 6.71 Å². The lowest BCUT2D eigenvalue weighted by Gasteiger charge is -2.45. The zero-order chi connectivity index (χ0) is 75.7. The molecule has 7 heteroatoms. The van der Waals surface area contributed by atoms with Gasteiger partial charge in [-0.1, -0.05) is 280 Å². The van der Waals surface area contributed by atoms with Crippen LogP contribution < -0.4 is 26.2 Å². The van der Waals surface area contributed by atoms with Gasteiger partial charge in [-0.15, -0.1) is 0 Å². The molecule has 2 aliphatic carbocycles. The Morgan fingerprint density at radius 2 is 0.522 bits per heavy atom. The van der Waals surface area contributed by atoms with E-state index in [9.17, 15) is 0 Å². The highest BCUT2D eigenvalue weighted by Gasteiger charge is 2.46. The second-order valence-corrected chi connectivity index (χ2v) is 35.2. The van der Waals surface area contributed by atoms with E-state index >= 15 is 0 Å². The van der Waals surface area contributed by atoms with Crippen LogP contribution in [0, 0.1) is 0 Å². The number of nitrogens with zero attached hydrogens (tertiary/aromatic N) is 6. The summed E-state index contributed by atoms with van der Waals surface area (Å²) in [6, 6.07) is 123.